The molecule has 0 bridgehead atoms. The first-order valence-corrected chi connectivity index (χ1v) is 12.3. The second-order valence-corrected chi connectivity index (χ2v) is 9.44. The summed E-state index contributed by atoms with van der Waals surface area (Å²) in [7, 11) is 0. The number of fused-ring (bicyclic) bond motifs is 1. The lowest BCUT2D eigenvalue weighted by Crippen LogP contribution is -2.28. The molecule has 1 fully saturated rings. The van der Waals surface area contributed by atoms with E-state index >= 15 is 0 Å². The number of halogens is 4. The molecule has 0 radical (unpaired) electrons. The van der Waals surface area contributed by atoms with Crippen LogP contribution in [0.25, 0.3) is 22.6 Å². The Labute approximate surface area is 211 Å². The highest BCUT2D eigenvalue weighted by Crippen LogP contribution is 2.36. The summed E-state index contributed by atoms with van der Waals surface area (Å²) < 4.78 is 30.1. The lowest BCUT2D eigenvalue weighted by atomic mass is 9.95. The largest absolute Gasteiger partial charge is 0.350 e. The highest BCUT2D eigenvalue weighted by atomic mass is 35.5. The van der Waals surface area contributed by atoms with Gasteiger partial charge in [0.1, 0.15) is 23.0 Å². The van der Waals surface area contributed by atoms with Gasteiger partial charge in [0.2, 0.25) is 5.95 Å². The number of nitrogens with zero attached hydrogens (tertiary/aromatic N) is 4. The molecule has 10 heteroatoms. The predicted octanol–water partition coefficient (Wildman–Crippen LogP) is 6.08. The maximum absolute atomic E-state index is 14.0. The first kappa shape index (κ1) is 23.9. The van der Waals surface area contributed by atoms with Gasteiger partial charge in [0.15, 0.2) is 5.65 Å². The SMILES string of the molecule is Fc1cccc(F)c1CNc1ncc2nc(-c3c(Cl)cccc3Cl)n(CCC3CCNCC3)c2n1. The van der Waals surface area contributed by atoms with Crippen LogP contribution in [0, 0.1) is 17.6 Å². The van der Waals surface area contributed by atoms with E-state index < -0.39 is 11.6 Å². The molecular weight excluding hydrogens is 493 g/mol. The van der Waals surface area contributed by atoms with Gasteiger partial charge >= 0.3 is 0 Å². The Balaban J connectivity index is 1.51. The highest BCUT2D eigenvalue weighted by molar-refractivity contribution is 6.39. The fourth-order valence-corrected chi connectivity index (χ4v) is 5.04. The number of piperidine rings is 1. The van der Waals surface area contributed by atoms with E-state index in [0.717, 1.165) is 32.4 Å². The van der Waals surface area contributed by atoms with E-state index in [1.54, 1.807) is 24.4 Å². The van der Waals surface area contributed by atoms with Crippen molar-refractivity contribution in [2.75, 3.05) is 18.4 Å². The fourth-order valence-electron chi connectivity index (χ4n) is 4.47. The van der Waals surface area contributed by atoms with Gasteiger partial charge in [-0.2, -0.15) is 4.98 Å². The van der Waals surface area contributed by atoms with Gasteiger partial charge in [-0.3, -0.25) is 0 Å². The molecule has 182 valence electrons. The summed E-state index contributed by atoms with van der Waals surface area (Å²) in [4.78, 5) is 13.7. The number of imidazole rings is 1. The molecule has 6 nitrogen and oxygen atoms in total. The second-order valence-electron chi connectivity index (χ2n) is 8.62. The molecule has 0 atom stereocenters. The maximum atomic E-state index is 14.0. The average molecular weight is 517 g/mol. The Morgan fingerprint density at radius 2 is 1.69 bits per heavy atom. The predicted molar refractivity (Wildman–Crippen MR) is 135 cm³/mol. The van der Waals surface area contributed by atoms with E-state index in [0.29, 0.717) is 45.1 Å². The van der Waals surface area contributed by atoms with Crippen molar-refractivity contribution in [2.24, 2.45) is 5.92 Å². The Morgan fingerprint density at radius 1 is 1.00 bits per heavy atom. The zero-order valence-corrected chi connectivity index (χ0v) is 20.4. The van der Waals surface area contributed by atoms with Crippen molar-refractivity contribution in [2.45, 2.75) is 32.4 Å². The van der Waals surface area contributed by atoms with Gasteiger partial charge in [-0.25, -0.2) is 18.7 Å². The Hall–Kier alpha value is -2.81. The third kappa shape index (κ3) is 5.10. The van der Waals surface area contributed by atoms with Gasteiger partial charge in [0.25, 0.3) is 0 Å². The molecule has 0 amide bonds. The van der Waals surface area contributed by atoms with Crippen LogP contribution in [-0.4, -0.2) is 32.6 Å². The van der Waals surface area contributed by atoms with E-state index in [2.05, 4.69) is 20.6 Å². The van der Waals surface area contributed by atoms with Crippen molar-refractivity contribution in [1.82, 2.24) is 24.8 Å². The van der Waals surface area contributed by atoms with Crippen LogP contribution in [0.4, 0.5) is 14.7 Å². The van der Waals surface area contributed by atoms with Gasteiger partial charge < -0.3 is 15.2 Å². The number of rotatable bonds is 7. The van der Waals surface area contributed by atoms with Gasteiger partial charge in [0.05, 0.1) is 21.8 Å². The first-order valence-electron chi connectivity index (χ1n) is 11.6. The van der Waals surface area contributed by atoms with Crippen molar-refractivity contribution in [3.8, 4) is 11.4 Å². The summed E-state index contributed by atoms with van der Waals surface area (Å²) in [5, 5.41) is 7.33. The Bertz CT molecular complexity index is 1310. The van der Waals surface area contributed by atoms with E-state index in [1.165, 1.54) is 18.2 Å². The zero-order chi connectivity index (χ0) is 24.4. The lowest BCUT2D eigenvalue weighted by Gasteiger charge is -2.23. The molecule has 2 aromatic carbocycles. The molecule has 35 heavy (non-hydrogen) atoms. The second kappa shape index (κ2) is 10.4. The van der Waals surface area contributed by atoms with Crippen LogP contribution >= 0.6 is 23.2 Å². The van der Waals surface area contributed by atoms with Crippen LogP contribution in [0.1, 0.15) is 24.8 Å². The fraction of sp³-hybridized carbons (Fsp3) is 0.320. The molecule has 5 rings (SSSR count). The summed E-state index contributed by atoms with van der Waals surface area (Å²) in [5.74, 6) is 0.213. The van der Waals surface area contributed by atoms with Gasteiger partial charge in [-0.15, -0.1) is 0 Å². The number of anilines is 1. The van der Waals surface area contributed by atoms with Crippen molar-refractivity contribution in [1.29, 1.82) is 0 Å². The van der Waals surface area contributed by atoms with Crippen LogP contribution in [0.3, 0.4) is 0 Å². The Morgan fingerprint density at radius 3 is 2.40 bits per heavy atom. The maximum Gasteiger partial charge on any atom is 0.225 e. The first-order chi connectivity index (χ1) is 17.0. The standard InChI is InChI=1S/C25H24Cl2F2N6/c26-17-3-1-4-18(27)22(17)24-33-21-14-32-25(31-13-16-19(28)5-2-6-20(16)29)34-23(21)35(24)12-9-15-7-10-30-11-8-15/h1-6,14-15,30H,7-13H2,(H,31,32,34). The van der Waals surface area contributed by atoms with E-state index in [1.807, 2.05) is 4.57 Å². The van der Waals surface area contributed by atoms with Crippen LogP contribution in [0.2, 0.25) is 10.0 Å². The minimum Gasteiger partial charge on any atom is -0.350 e. The quantitative estimate of drug-likeness (QED) is 0.311. The summed E-state index contributed by atoms with van der Waals surface area (Å²) in [6.45, 7) is 2.62. The summed E-state index contributed by atoms with van der Waals surface area (Å²) in [6.07, 6.45) is 4.78. The van der Waals surface area contributed by atoms with Crippen LogP contribution in [0.15, 0.2) is 42.6 Å². The van der Waals surface area contributed by atoms with Gasteiger partial charge in [0, 0.05) is 18.7 Å². The molecule has 3 heterocycles. The monoisotopic (exact) mass is 516 g/mol. The number of nitrogens with one attached hydrogen (secondary N) is 2. The number of aryl methyl sites for hydroxylation is 1. The molecule has 0 saturated carbocycles. The third-order valence-electron chi connectivity index (χ3n) is 6.38. The number of hydrogen-bond acceptors (Lipinski definition) is 5. The van der Waals surface area contributed by atoms with Crippen LogP contribution < -0.4 is 10.6 Å². The van der Waals surface area contributed by atoms with Crippen LogP contribution in [0.5, 0.6) is 0 Å². The molecule has 0 spiro atoms. The number of hydrogen-bond donors (Lipinski definition) is 2. The highest BCUT2D eigenvalue weighted by Gasteiger charge is 2.21. The molecule has 1 aliphatic heterocycles. The van der Waals surface area contributed by atoms with E-state index in [9.17, 15) is 8.78 Å². The minimum atomic E-state index is -0.624. The topological polar surface area (TPSA) is 67.7 Å². The summed E-state index contributed by atoms with van der Waals surface area (Å²) >= 11 is 13.1. The minimum absolute atomic E-state index is 0.0702. The Kier molecular flexibility index (Phi) is 7.13. The van der Waals surface area contributed by atoms with Crippen LogP contribution in [-0.2, 0) is 13.1 Å². The molecule has 1 saturated heterocycles. The molecule has 4 aromatic rings. The molecule has 2 aromatic heterocycles. The van der Waals surface area contributed by atoms with E-state index in [-0.39, 0.29) is 18.1 Å². The normalized spacial score (nSPS) is 14.5. The third-order valence-corrected chi connectivity index (χ3v) is 7.01. The van der Waals surface area contributed by atoms with Crippen molar-refractivity contribution < 1.29 is 8.78 Å². The summed E-state index contributed by atoms with van der Waals surface area (Å²) in [5.41, 5.74) is 1.77. The van der Waals surface area contributed by atoms with E-state index in [4.69, 9.17) is 28.2 Å². The molecule has 0 aliphatic carbocycles. The smallest absolute Gasteiger partial charge is 0.225 e. The molecule has 2 N–H and O–H groups in total. The molecular formula is C25H24Cl2F2N6. The lowest BCUT2D eigenvalue weighted by molar-refractivity contribution is 0.339. The zero-order valence-electron chi connectivity index (χ0n) is 18.9. The van der Waals surface area contributed by atoms with Gasteiger partial charge in [-0.1, -0.05) is 35.3 Å². The van der Waals surface area contributed by atoms with Gasteiger partial charge in [-0.05, 0) is 62.5 Å². The van der Waals surface area contributed by atoms with Crippen molar-refractivity contribution >= 4 is 40.3 Å². The van der Waals surface area contributed by atoms with Crippen molar-refractivity contribution in [3.63, 3.8) is 0 Å². The number of benzene rings is 2. The number of aromatic nitrogens is 4. The average Bonchev–Trinajstić information content (AvgIpc) is 3.20. The molecule has 0 unspecified atom stereocenters. The summed E-state index contributed by atoms with van der Waals surface area (Å²) in [6, 6.07) is 9.12. The van der Waals surface area contributed by atoms with Crippen molar-refractivity contribution in [3.05, 3.63) is 69.8 Å². The molecule has 1 aliphatic rings.